The highest BCUT2D eigenvalue weighted by molar-refractivity contribution is 7.47. The van der Waals surface area contributed by atoms with Crippen molar-refractivity contribution in [3.63, 3.8) is 0 Å². The number of aliphatic hydroxyl groups is 2. The van der Waals surface area contributed by atoms with Gasteiger partial charge >= 0.3 is 27.6 Å². The van der Waals surface area contributed by atoms with Gasteiger partial charge in [0, 0.05) is 12.8 Å². The van der Waals surface area contributed by atoms with Crippen molar-refractivity contribution in [3.8, 4) is 0 Å². The number of esters is 2. The van der Waals surface area contributed by atoms with E-state index < -0.39 is 72.3 Å². The normalized spacial score (nSPS) is 15.7. The van der Waals surface area contributed by atoms with E-state index in [9.17, 15) is 33.8 Å². The average Bonchev–Trinajstić information content (AvgIpc) is 3.21. The lowest BCUT2D eigenvalue weighted by Gasteiger charge is -2.20. The van der Waals surface area contributed by atoms with Gasteiger partial charge in [0.05, 0.1) is 25.9 Å². The van der Waals surface area contributed by atoms with Crippen molar-refractivity contribution >= 4 is 27.6 Å². The maximum absolute atomic E-state index is 12.6. The molecule has 0 bridgehead atoms. The van der Waals surface area contributed by atoms with Crippen LogP contribution in [0, 0.1) is 5.92 Å². The fourth-order valence-electron chi connectivity index (χ4n) is 5.49. The number of unbranched alkanes of at least 4 members (excludes halogenated alkanes) is 9. The minimum Gasteiger partial charge on any atom is -0.462 e. The monoisotopic (exact) mass is 904 g/mol. The number of phosphoric ester groups is 2. The molecule has 0 aliphatic rings. The van der Waals surface area contributed by atoms with E-state index in [0.717, 1.165) is 44.4 Å². The fourth-order valence-corrected chi connectivity index (χ4v) is 6.65. The number of ether oxygens (including phenoxy) is 2. The largest absolute Gasteiger partial charge is 0.472 e. The Labute approximate surface area is 366 Å². The number of allylic oxidation sites excluding steroid dienone is 10. The van der Waals surface area contributed by atoms with Gasteiger partial charge in [0.15, 0.2) is 6.10 Å². The molecule has 0 fully saturated rings. The molecule has 0 aromatic carbocycles. The van der Waals surface area contributed by atoms with E-state index in [0.29, 0.717) is 25.7 Å². The van der Waals surface area contributed by atoms with Gasteiger partial charge in [0.2, 0.25) is 0 Å². The van der Waals surface area contributed by atoms with Crippen molar-refractivity contribution in [1.29, 1.82) is 0 Å². The lowest BCUT2D eigenvalue weighted by molar-refractivity contribution is -0.161. The van der Waals surface area contributed by atoms with Gasteiger partial charge in [0.25, 0.3) is 0 Å². The number of rotatable bonds is 40. The molecule has 3 unspecified atom stereocenters. The Balaban J connectivity index is 4.69. The number of hydrogen-bond acceptors (Lipinski definition) is 11. The summed E-state index contributed by atoms with van der Waals surface area (Å²) in [5.74, 6) is -0.338. The van der Waals surface area contributed by atoms with Crippen molar-refractivity contribution in [2.75, 3.05) is 26.4 Å². The van der Waals surface area contributed by atoms with E-state index in [-0.39, 0.29) is 12.8 Å². The molecule has 352 valence electrons. The van der Waals surface area contributed by atoms with Crippen LogP contribution in [0.4, 0.5) is 0 Å². The van der Waals surface area contributed by atoms with Gasteiger partial charge in [-0.25, -0.2) is 9.13 Å². The van der Waals surface area contributed by atoms with E-state index >= 15 is 0 Å². The summed E-state index contributed by atoms with van der Waals surface area (Å²) in [4.78, 5) is 52.7. The number of aliphatic hydroxyl groups excluding tert-OH is 2. The molecule has 0 saturated heterocycles. The smallest absolute Gasteiger partial charge is 0.462 e. The maximum atomic E-state index is 12.6. The molecular weight excluding hydrogens is 826 g/mol. The third-order valence-corrected chi connectivity index (χ3v) is 10.7. The number of carbonyl (C=O) groups is 2. The molecule has 5 N–H and O–H groups in total. The molecule has 14 nitrogen and oxygen atoms in total. The maximum Gasteiger partial charge on any atom is 0.472 e. The first-order valence-corrected chi connectivity index (χ1v) is 25.2. The molecule has 0 aromatic heterocycles. The summed E-state index contributed by atoms with van der Waals surface area (Å²) in [7, 11) is -9.72. The van der Waals surface area contributed by atoms with Gasteiger partial charge in [-0.2, -0.15) is 0 Å². The summed E-state index contributed by atoms with van der Waals surface area (Å²) in [6.45, 7) is 3.77. The highest BCUT2D eigenvalue weighted by atomic mass is 31.2. The van der Waals surface area contributed by atoms with Crippen molar-refractivity contribution in [2.45, 2.75) is 167 Å². The molecule has 0 aliphatic heterocycles. The van der Waals surface area contributed by atoms with Gasteiger partial charge in [0.1, 0.15) is 12.7 Å². The number of carbonyl (C=O) groups excluding carboxylic acids is 2. The van der Waals surface area contributed by atoms with Gasteiger partial charge < -0.3 is 34.4 Å². The summed E-state index contributed by atoms with van der Waals surface area (Å²) in [5, 5.41) is 19.6. The van der Waals surface area contributed by atoms with Crippen LogP contribution >= 0.6 is 15.6 Å². The molecule has 0 spiro atoms. The molecular formula is C45H78O14P2. The van der Waals surface area contributed by atoms with Gasteiger partial charge in [-0.05, 0) is 50.9 Å². The van der Waals surface area contributed by atoms with E-state index in [1.165, 1.54) is 51.4 Å². The van der Waals surface area contributed by atoms with Gasteiger partial charge in [-0.3, -0.25) is 23.2 Å². The lowest BCUT2D eigenvalue weighted by Crippen LogP contribution is -2.29. The summed E-state index contributed by atoms with van der Waals surface area (Å²) in [5.41, 5.74) is 0. The number of phosphoric acid groups is 2. The summed E-state index contributed by atoms with van der Waals surface area (Å²) in [6, 6.07) is 0. The van der Waals surface area contributed by atoms with Gasteiger partial charge in [-0.1, -0.05) is 164 Å². The van der Waals surface area contributed by atoms with Crippen LogP contribution in [-0.2, 0) is 41.8 Å². The van der Waals surface area contributed by atoms with Crippen LogP contribution in [0.25, 0.3) is 0 Å². The van der Waals surface area contributed by atoms with Crippen molar-refractivity contribution < 1.29 is 66.7 Å². The summed E-state index contributed by atoms with van der Waals surface area (Å²) < 4.78 is 47.7. The molecule has 0 amide bonds. The second-order valence-electron chi connectivity index (χ2n) is 15.0. The molecule has 16 heteroatoms. The topological polar surface area (TPSA) is 216 Å². The standard InChI is InChI=1S/C45H78O14P2/c1-4-6-26-32-41(46)33-28-23-19-15-10-8-7-9-11-17-21-25-30-35-45(49)59-43(39-58-61(53,54)57-37-42(47)36-56-60(50,51)52)38-55-44(48)34-29-24-20-16-13-12-14-18-22-27-31-40(3)5-2/h6,8-11,19,21,23,25-26,28,33,40-43,46-47H,4-5,7,12-18,20,22,24,27,29-32,34-39H2,1-3H3,(H,53,54)(H2,50,51,52)/b10-8-,11-9-,23-19+,25-21-,26-6-,33-28+/t40?,41?,42-,43+/m0/s1. The zero-order valence-corrected chi connectivity index (χ0v) is 38.8. The quantitative estimate of drug-likeness (QED) is 0.0127. The van der Waals surface area contributed by atoms with Crippen LogP contribution < -0.4 is 0 Å². The highest BCUT2D eigenvalue weighted by Crippen LogP contribution is 2.43. The Kier molecular flexibility index (Phi) is 37.5. The molecule has 0 aliphatic carbocycles. The van der Waals surface area contributed by atoms with Crippen LogP contribution in [0.1, 0.15) is 149 Å². The van der Waals surface area contributed by atoms with Crippen LogP contribution in [0.5, 0.6) is 0 Å². The van der Waals surface area contributed by atoms with Gasteiger partial charge in [-0.15, -0.1) is 0 Å². The number of hydrogen-bond donors (Lipinski definition) is 5. The van der Waals surface area contributed by atoms with E-state index in [4.69, 9.17) is 23.8 Å². The Morgan fingerprint density at radius 2 is 1.16 bits per heavy atom. The minimum absolute atomic E-state index is 0.0117. The first-order valence-electron chi connectivity index (χ1n) is 22.1. The third-order valence-electron chi connectivity index (χ3n) is 9.23. The van der Waals surface area contributed by atoms with Crippen molar-refractivity contribution in [2.24, 2.45) is 5.92 Å². The molecule has 61 heavy (non-hydrogen) atoms. The fraction of sp³-hybridized carbons (Fsp3) is 0.689. The van der Waals surface area contributed by atoms with Crippen LogP contribution in [0.3, 0.4) is 0 Å². The SMILES string of the molecule is CC/C=C\CC(O)/C=C/C=C/C/C=C\C/C=C\C/C=C\CCC(=O)O[C@H](COC(=O)CCCCCCCCCCCCC(C)CC)COP(=O)(O)OC[C@@H](O)COP(=O)(O)O. The molecule has 0 saturated carbocycles. The Hall–Kier alpha value is -2.48. The zero-order chi connectivity index (χ0) is 45.5. The second-order valence-corrected chi connectivity index (χ2v) is 17.7. The molecule has 0 radical (unpaired) electrons. The molecule has 0 aromatic rings. The predicted octanol–water partition coefficient (Wildman–Crippen LogP) is 10.2. The van der Waals surface area contributed by atoms with Crippen LogP contribution in [0.2, 0.25) is 0 Å². The third kappa shape index (κ3) is 42.6. The summed E-state index contributed by atoms with van der Waals surface area (Å²) >= 11 is 0. The minimum atomic E-state index is -4.88. The highest BCUT2D eigenvalue weighted by Gasteiger charge is 2.28. The molecule has 5 atom stereocenters. The van der Waals surface area contributed by atoms with Crippen LogP contribution in [-0.4, -0.2) is 81.6 Å². The van der Waals surface area contributed by atoms with E-state index in [2.05, 4.69) is 42.0 Å². The molecule has 0 rings (SSSR count). The predicted molar refractivity (Wildman–Crippen MR) is 240 cm³/mol. The first-order chi connectivity index (χ1) is 29.2. The van der Waals surface area contributed by atoms with E-state index in [1.54, 1.807) is 6.08 Å². The Morgan fingerprint density at radius 3 is 1.77 bits per heavy atom. The lowest BCUT2D eigenvalue weighted by atomic mass is 9.99. The Bertz CT molecular complexity index is 1390. The van der Waals surface area contributed by atoms with Crippen molar-refractivity contribution in [3.05, 3.63) is 72.9 Å². The van der Waals surface area contributed by atoms with Crippen LogP contribution in [0.15, 0.2) is 72.9 Å². The average molecular weight is 905 g/mol. The zero-order valence-electron chi connectivity index (χ0n) is 37.0. The van der Waals surface area contributed by atoms with Crippen molar-refractivity contribution in [1.82, 2.24) is 0 Å². The second kappa shape index (κ2) is 39.1. The molecule has 0 heterocycles. The Morgan fingerprint density at radius 1 is 0.607 bits per heavy atom. The summed E-state index contributed by atoms with van der Waals surface area (Å²) in [6.07, 6.45) is 38.1. The first kappa shape index (κ1) is 58.5. The van der Waals surface area contributed by atoms with E-state index in [1.807, 2.05) is 54.7 Å².